The van der Waals surface area contributed by atoms with Crippen LogP contribution in [0.5, 0.6) is 0 Å². The number of nitrogens with one attached hydrogen (secondary N) is 1. The fourth-order valence-corrected chi connectivity index (χ4v) is 1.41. The number of amidine groups is 1. The lowest BCUT2D eigenvalue weighted by Gasteiger charge is -1.98. The molecule has 0 saturated carbocycles. The highest BCUT2D eigenvalue weighted by Gasteiger charge is 2.07. The molecule has 1 aromatic rings. The van der Waals surface area contributed by atoms with Crippen molar-refractivity contribution in [3.63, 3.8) is 0 Å². The molecule has 4 nitrogen and oxygen atoms in total. The molecule has 0 aromatic carbocycles. The molecule has 3 N–H and O–H groups in total. The van der Waals surface area contributed by atoms with Crippen LogP contribution in [0.25, 0.3) is 0 Å². The number of rotatable bonds is 5. The van der Waals surface area contributed by atoms with Crippen LogP contribution in [0.15, 0.2) is 17.1 Å². The predicted molar refractivity (Wildman–Crippen MR) is 68.0 cm³/mol. The monoisotopic (exact) mass is 240 g/mol. The fourth-order valence-electron chi connectivity index (χ4n) is 1.23. The summed E-state index contributed by atoms with van der Waals surface area (Å²) in [5.41, 5.74) is 7.49. The summed E-state index contributed by atoms with van der Waals surface area (Å²) in [4.78, 5) is 4.19. The first-order chi connectivity index (χ1) is 7.65. The Kier molecular flexibility index (Phi) is 5.05. The van der Waals surface area contributed by atoms with E-state index < -0.39 is 0 Å². The third-order valence-corrected chi connectivity index (χ3v) is 2.70. The fraction of sp³-hybridized carbons (Fsp3) is 0.455. The number of aryl methyl sites for hydroxylation is 2. The zero-order valence-electron chi connectivity index (χ0n) is 9.63. The van der Waals surface area contributed by atoms with E-state index in [1.807, 2.05) is 26.0 Å². The molecule has 1 aromatic heterocycles. The van der Waals surface area contributed by atoms with Crippen LogP contribution >= 0.6 is 11.6 Å². The topological polar surface area (TPSA) is 67.1 Å². The maximum atomic E-state index is 6.03. The van der Waals surface area contributed by atoms with Crippen LogP contribution in [0.2, 0.25) is 5.02 Å². The number of nitrogens with zero attached hydrogens (tertiary/aromatic N) is 2. The second-order valence-electron chi connectivity index (χ2n) is 3.51. The van der Waals surface area contributed by atoms with E-state index in [4.69, 9.17) is 17.3 Å². The van der Waals surface area contributed by atoms with E-state index in [9.17, 15) is 0 Å². The van der Waals surface area contributed by atoms with Gasteiger partial charge in [0, 0.05) is 6.42 Å². The summed E-state index contributed by atoms with van der Waals surface area (Å²) in [6.07, 6.45) is 5.30. The third kappa shape index (κ3) is 3.70. The maximum Gasteiger partial charge on any atom is 0.0944 e. The Hall–Kier alpha value is -1.29. The number of hydrogen-bond donors (Lipinski definition) is 2. The van der Waals surface area contributed by atoms with Crippen molar-refractivity contribution in [1.82, 2.24) is 10.2 Å². The van der Waals surface area contributed by atoms with Crippen molar-refractivity contribution >= 4 is 17.4 Å². The molecule has 1 rings (SSSR count). The van der Waals surface area contributed by atoms with Gasteiger partial charge >= 0.3 is 0 Å². The van der Waals surface area contributed by atoms with E-state index in [1.165, 1.54) is 0 Å². The highest BCUT2D eigenvalue weighted by molar-refractivity contribution is 6.31. The predicted octanol–water partition coefficient (Wildman–Crippen LogP) is 2.24. The summed E-state index contributed by atoms with van der Waals surface area (Å²) in [6.45, 7) is 4.48. The Balaban J connectivity index is 2.45. The van der Waals surface area contributed by atoms with Crippen LogP contribution in [0.3, 0.4) is 0 Å². The molecule has 0 unspecified atom stereocenters. The van der Waals surface area contributed by atoms with Crippen molar-refractivity contribution in [2.75, 3.05) is 6.54 Å². The molecule has 0 aliphatic carbocycles. The maximum absolute atomic E-state index is 6.03. The van der Waals surface area contributed by atoms with Crippen LogP contribution in [-0.2, 0) is 6.42 Å². The van der Waals surface area contributed by atoms with Gasteiger partial charge in [-0.15, -0.1) is 0 Å². The van der Waals surface area contributed by atoms with Gasteiger partial charge in [0.2, 0.25) is 0 Å². The van der Waals surface area contributed by atoms with Crippen molar-refractivity contribution in [1.29, 1.82) is 0 Å². The van der Waals surface area contributed by atoms with Crippen LogP contribution in [0.1, 0.15) is 24.7 Å². The van der Waals surface area contributed by atoms with E-state index in [0.29, 0.717) is 30.2 Å². The lowest BCUT2D eigenvalue weighted by Crippen LogP contribution is -2.13. The third-order valence-electron chi connectivity index (χ3n) is 2.19. The van der Waals surface area contributed by atoms with Crippen LogP contribution in [0.4, 0.5) is 0 Å². The number of allylic oxidation sites excluding steroid dienone is 1. The van der Waals surface area contributed by atoms with Gasteiger partial charge in [0.1, 0.15) is 0 Å². The van der Waals surface area contributed by atoms with Crippen molar-refractivity contribution in [2.45, 2.75) is 26.7 Å². The molecule has 0 saturated heterocycles. The summed E-state index contributed by atoms with van der Waals surface area (Å²) < 4.78 is 0. The molecule has 0 aliphatic heterocycles. The largest absolute Gasteiger partial charge is 0.387 e. The second-order valence-corrected chi connectivity index (χ2v) is 3.89. The molecular weight excluding hydrogens is 224 g/mol. The van der Waals surface area contributed by atoms with E-state index in [1.54, 1.807) is 0 Å². The number of aliphatic imine (C=N–C) groups is 1. The number of hydrogen-bond acceptors (Lipinski definition) is 2. The van der Waals surface area contributed by atoms with Crippen molar-refractivity contribution in [3.8, 4) is 0 Å². The van der Waals surface area contributed by atoms with E-state index >= 15 is 0 Å². The Morgan fingerprint density at radius 1 is 1.62 bits per heavy atom. The molecule has 0 amide bonds. The Morgan fingerprint density at radius 2 is 2.38 bits per heavy atom. The average Bonchev–Trinajstić information content (AvgIpc) is 2.58. The zero-order valence-corrected chi connectivity index (χ0v) is 10.4. The van der Waals surface area contributed by atoms with E-state index in [0.717, 1.165) is 11.4 Å². The van der Waals surface area contributed by atoms with Crippen molar-refractivity contribution < 1.29 is 0 Å². The Bertz CT molecular complexity index is 393. The normalized spacial score (nSPS) is 12.6. The molecule has 88 valence electrons. The van der Waals surface area contributed by atoms with Crippen LogP contribution in [0, 0.1) is 6.92 Å². The summed E-state index contributed by atoms with van der Waals surface area (Å²) in [5, 5.41) is 7.64. The number of halogens is 1. The minimum absolute atomic E-state index is 0.634. The minimum Gasteiger partial charge on any atom is -0.387 e. The summed E-state index contributed by atoms with van der Waals surface area (Å²) in [5.74, 6) is 0.634. The van der Waals surface area contributed by atoms with E-state index in [2.05, 4.69) is 15.2 Å². The molecule has 0 fully saturated rings. The number of aromatic amines is 1. The number of H-pyrrole nitrogens is 1. The van der Waals surface area contributed by atoms with Gasteiger partial charge in [0.25, 0.3) is 0 Å². The zero-order chi connectivity index (χ0) is 12.0. The molecule has 16 heavy (non-hydrogen) atoms. The van der Waals surface area contributed by atoms with Crippen molar-refractivity contribution in [3.05, 3.63) is 28.6 Å². The minimum atomic E-state index is 0.634. The molecule has 0 spiro atoms. The quantitative estimate of drug-likeness (QED) is 0.471. The average molecular weight is 241 g/mol. The number of nitrogens with two attached hydrogens (primary N) is 1. The smallest absolute Gasteiger partial charge is 0.0944 e. The summed E-state index contributed by atoms with van der Waals surface area (Å²) >= 11 is 6.03. The first kappa shape index (κ1) is 12.8. The molecule has 5 heteroatoms. The number of aromatic nitrogens is 2. The van der Waals surface area contributed by atoms with Gasteiger partial charge in [-0.05, 0) is 20.3 Å². The van der Waals surface area contributed by atoms with Gasteiger partial charge in [-0.2, -0.15) is 5.10 Å². The van der Waals surface area contributed by atoms with Crippen LogP contribution in [-0.4, -0.2) is 22.6 Å². The Morgan fingerprint density at radius 3 is 2.94 bits per heavy atom. The van der Waals surface area contributed by atoms with E-state index in [-0.39, 0.29) is 0 Å². The van der Waals surface area contributed by atoms with Crippen molar-refractivity contribution in [2.24, 2.45) is 10.7 Å². The van der Waals surface area contributed by atoms with Gasteiger partial charge < -0.3 is 5.73 Å². The van der Waals surface area contributed by atoms with Crippen LogP contribution < -0.4 is 5.73 Å². The van der Waals surface area contributed by atoms with Gasteiger partial charge in [-0.25, -0.2) is 0 Å². The molecule has 0 radical (unpaired) electrons. The first-order valence-corrected chi connectivity index (χ1v) is 5.62. The molecule has 0 bridgehead atoms. The molecule has 0 aliphatic rings. The lowest BCUT2D eigenvalue weighted by molar-refractivity contribution is 0.920. The SMILES string of the molecule is C/C=C\CN=C(N)CCc1n[nH]c(C)c1Cl. The summed E-state index contributed by atoms with van der Waals surface area (Å²) in [7, 11) is 0. The standard InChI is InChI=1S/C11H17ClN4/c1-3-4-7-14-10(13)6-5-9-11(12)8(2)15-16-9/h3-4H,5-7H2,1-2H3,(H2,13,14)(H,15,16)/b4-3-. The molecule has 0 atom stereocenters. The van der Waals surface area contributed by atoms with Gasteiger partial charge in [0.15, 0.2) is 0 Å². The molecular formula is C11H17ClN4. The van der Waals surface area contributed by atoms with Gasteiger partial charge in [-0.1, -0.05) is 23.8 Å². The van der Waals surface area contributed by atoms with Gasteiger partial charge in [0.05, 0.1) is 28.8 Å². The molecule has 1 heterocycles. The lowest BCUT2D eigenvalue weighted by atomic mass is 10.2. The first-order valence-electron chi connectivity index (χ1n) is 5.24. The summed E-state index contributed by atoms with van der Waals surface area (Å²) in [6, 6.07) is 0. The highest BCUT2D eigenvalue weighted by Crippen LogP contribution is 2.18. The highest BCUT2D eigenvalue weighted by atomic mass is 35.5. The Labute approximate surface area is 101 Å². The van der Waals surface area contributed by atoms with Gasteiger partial charge in [-0.3, -0.25) is 10.1 Å². The second kappa shape index (κ2) is 6.33.